The van der Waals surface area contributed by atoms with Gasteiger partial charge in [-0.3, -0.25) is 0 Å². The van der Waals surface area contributed by atoms with Crippen LogP contribution in [0.1, 0.15) is 11.1 Å². The van der Waals surface area contributed by atoms with Gasteiger partial charge in [0.1, 0.15) is 60.3 Å². The molecule has 0 unspecified atom stereocenters. The summed E-state index contributed by atoms with van der Waals surface area (Å²) < 4.78 is 22.0. The van der Waals surface area contributed by atoms with E-state index in [1.165, 1.54) is 24.3 Å². The summed E-state index contributed by atoms with van der Waals surface area (Å²) >= 11 is 0. The molecule has 0 amide bonds. The van der Waals surface area contributed by atoms with Crippen molar-refractivity contribution in [1.29, 1.82) is 0 Å². The summed E-state index contributed by atoms with van der Waals surface area (Å²) in [4.78, 5) is 0. The molecule has 0 radical (unpaired) electrons. The Balaban J connectivity index is 1.67. The molecule has 2 aromatic carbocycles. The fourth-order valence-corrected chi connectivity index (χ4v) is 4.28. The highest BCUT2D eigenvalue weighted by atomic mass is 16.7. The Hall–Kier alpha value is -3.02. The Morgan fingerprint density at radius 3 is 1.70 bits per heavy atom. The number of aliphatic hydroxyl groups excluding tert-OH is 8. The lowest BCUT2D eigenvalue weighted by molar-refractivity contribution is -0.278. The third kappa shape index (κ3) is 6.31. The number of hydrogen-bond acceptors (Lipinski definition) is 14. The average molecular weight is 569 g/mol. The van der Waals surface area contributed by atoms with Gasteiger partial charge in [0.2, 0.25) is 12.6 Å². The second-order valence-electron chi connectivity index (χ2n) is 9.42. The monoisotopic (exact) mass is 568 g/mol. The number of ether oxygens (including phenoxy) is 4. The van der Waals surface area contributed by atoms with E-state index in [1.54, 1.807) is 18.2 Å². The molecule has 4 rings (SSSR count). The zero-order valence-electron chi connectivity index (χ0n) is 20.9. The molecule has 2 aromatic rings. The Kier molecular flexibility index (Phi) is 9.48. The molecule has 10 atom stereocenters. The molecule has 0 aromatic heterocycles. The zero-order chi connectivity index (χ0) is 29.1. The second-order valence-corrected chi connectivity index (χ2v) is 9.42. The van der Waals surface area contributed by atoms with Crippen LogP contribution in [-0.4, -0.2) is 126 Å². The summed E-state index contributed by atoms with van der Waals surface area (Å²) in [6.07, 6.45) is -12.8. The number of aliphatic hydroxyl groups is 8. The molecule has 14 nitrogen and oxygen atoms in total. The fraction of sp³-hybridized carbons (Fsp3) is 0.462. The van der Waals surface area contributed by atoms with Gasteiger partial charge < -0.3 is 70.0 Å². The maximum Gasteiger partial charge on any atom is 0.229 e. The lowest BCUT2D eigenvalue weighted by Gasteiger charge is -2.40. The van der Waals surface area contributed by atoms with Crippen molar-refractivity contribution in [2.24, 2.45) is 0 Å². The number of rotatable bonds is 8. The van der Waals surface area contributed by atoms with Crippen LogP contribution < -0.4 is 9.47 Å². The van der Waals surface area contributed by atoms with Gasteiger partial charge in [0.25, 0.3) is 0 Å². The molecule has 0 aliphatic carbocycles. The number of benzene rings is 2. The Morgan fingerprint density at radius 2 is 1.18 bits per heavy atom. The van der Waals surface area contributed by atoms with Crippen LogP contribution in [0.2, 0.25) is 0 Å². The summed E-state index contributed by atoms with van der Waals surface area (Å²) in [7, 11) is 0. The van der Waals surface area contributed by atoms with Crippen molar-refractivity contribution in [3.63, 3.8) is 0 Å². The van der Waals surface area contributed by atoms with Gasteiger partial charge in [0.15, 0.2) is 11.5 Å². The number of phenols is 2. The molecule has 10 N–H and O–H groups in total. The molecular weight excluding hydrogens is 536 g/mol. The van der Waals surface area contributed by atoms with Gasteiger partial charge in [-0.25, -0.2) is 0 Å². The van der Waals surface area contributed by atoms with E-state index in [0.717, 1.165) is 6.07 Å². The molecule has 2 saturated heterocycles. The maximum absolute atomic E-state index is 10.8. The Bertz CT molecular complexity index is 1150. The largest absolute Gasteiger partial charge is 0.508 e. The van der Waals surface area contributed by atoms with Crippen LogP contribution in [0.25, 0.3) is 12.2 Å². The van der Waals surface area contributed by atoms with Crippen LogP contribution in [0.5, 0.6) is 23.0 Å². The first-order chi connectivity index (χ1) is 19.0. The standard InChI is InChI=1S/C26H32O14/c27-9-16-18(31)20(33)22(35)25(38-16)37-14-7-12(4-1-11-2-5-13(29)6-3-11)24(15(30)8-14)40-26-23(36)21(34)19(32)17(10-28)39-26/h1-8,16-23,25-36H,9-10H2/b4-1+/t16-,17-,18-,19-,20+,21+,22-,23-,25+,26+/m1/s1. The van der Waals surface area contributed by atoms with Crippen molar-refractivity contribution in [2.45, 2.75) is 61.4 Å². The van der Waals surface area contributed by atoms with E-state index in [2.05, 4.69) is 0 Å². The highest BCUT2D eigenvalue weighted by Gasteiger charge is 2.46. The average Bonchev–Trinajstić information content (AvgIpc) is 2.94. The van der Waals surface area contributed by atoms with Gasteiger partial charge in [-0.05, 0) is 23.8 Å². The molecule has 2 heterocycles. The fourth-order valence-electron chi connectivity index (χ4n) is 4.28. The zero-order valence-corrected chi connectivity index (χ0v) is 20.9. The van der Waals surface area contributed by atoms with E-state index in [9.17, 15) is 51.1 Å². The molecule has 2 aliphatic heterocycles. The van der Waals surface area contributed by atoms with E-state index in [-0.39, 0.29) is 22.8 Å². The minimum absolute atomic E-state index is 0.0383. The molecule has 2 aliphatic rings. The summed E-state index contributed by atoms with van der Waals surface area (Å²) in [5, 5.41) is 100. The molecule has 0 spiro atoms. The van der Waals surface area contributed by atoms with Crippen molar-refractivity contribution < 1.29 is 70.0 Å². The predicted octanol–water partition coefficient (Wildman–Crippen LogP) is -2.37. The van der Waals surface area contributed by atoms with Crippen molar-refractivity contribution in [2.75, 3.05) is 13.2 Å². The number of aromatic hydroxyl groups is 2. The van der Waals surface area contributed by atoms with Gasteiger partial charge in [0.05, 0.1) is 13.2 Å². The van der Waals surface area contributed by atoms with Gasteiger partial charge in [-0.1, -0.05) is 24.3 Å². The number of phenolic OH excluding ortho intramolecular Hbond substituents is 2. The summed E-state index contributed by atoms with van der Waals surface area (Å²) in [5.41, 5.74) is 0.737. The van der Waals surface area contributed by atoms with Gasteiger partial charge >= 0.3 is 0 Å². The minimum Gasteiger partial charge on any atom is -0.508 e. The summed E-state index contributed by atoms with van der Waals surface area (Å²) in [5.74, 6) is -0.894. The summed E-state index contributed by atoms with van der Waals surface area (Å²) in [6.45, 7) is -1.38. The first-order valence-corrected chi connectivity index (χ1v) is 12.3. The van der Waals surface area contributed by atoms with Crippen LogP contribution >= 0.6 is 0 Å². The van der Waals surface area contributed by atoms with E-state index >= 15 is 0 Å². The Morgan fingerprint density at radius 1 is 0.650 bits per heavy atom. The molecule has 220 valence electrons. The van der Waals surface area contributed by atoms with E-state index < -0.39 is 80.4 Å². The molecular formula is C26H32O14. The quantitative estimate of drug-likeness (QED) is 0.150. The maximum atomic E-state index is 10.8. The molecule has 0 saturated carbocycles. The van der Waals surface area contributed by atoms with Crippen LogP contribution in [-0.2, 0) is 9.47 Å². The van der Waals surface area contributed by atoms with Crippen molar-refractivity contribution >= 4 is 12.2 Å². The molecule has 2 fully saturated rings. The Labute approximate surface area is 227 Å². The van der Waals surface area contributed by atoms with Crippen LogP contribution in [0, 0.1) is 0 Å². The minimum atomic E-state index is -1.77. The van der Waals surface area contributed by atoms with Crippen LogP contribution in [0.3, 0.4) is 0 Å². The normalized spacial score (nSPS) is 34.6. The van der Waals surface area contributed by atoms with Gasteiger partial charge in [-0.2, -0.15) is 0 Å². The number of hydrogen-bond donors (Lipinski definition) is 10. The molecule has 14 heteroatoms. The van der Waals surface area contributed by atoms with Crippen molar-refractivity contribution in [1.82, 2.24) is 0 Å². The van der Waals surface area contributed by atoms with Gasteiger partial charge in [0, 0.05) is 11.6 Å². The molecule has 40 heavy (non-hydrogen) atoms. The smallest absolute Gasteiger partial charge is 0.229 e. The van der Waals surface area contributed by atoms with Crippen molar-refractivity contribution in [3.05, 3.63) is 47.5 Å². The van der Waals surface area contributed by atoms with Crippen molar-refractivity contribution in [3.8, 4) is 23.0 Å². The lowest BCUT2D eigenvalue weighted by atomic mass is 9.99. The third-order valence-corrected chi connectivity index (χ3v) is 6.60. The second kappa shape index (κ2) is 12.7. The molecule has 0 bridgehead atoms. The summed E-state index contributed by atoms with van der Waals surface area (Å²) in [6, 6.07) is 8.47. The third-order valence-electron chi connectivity index (χ3n) is 6.60. The first-order valence-electron chi connectivity index (χ1n) is 12.3. The lowest BCUT2D eigenvalue weighted by Crippen LogP contribution is -2.60. The predicted molar refractivity (Wildman–Crippen MR) is 134 cm³/mol. The first kappa shape index (κ1) is 30.0. The highest BCUT2D eigenvalue weighted by molar-refractivity contribution is 5.75. The SMILES string of the molecule is OC[C@H]1O[C@@H](Oc2c(O)cc(O[C@H]3O[C@H](CO)[C@@H](O)[C@H](O)[C@H]3O)cc2/C=C/c2ccc(O)cc2)[C@H](O)[C@@H](O)[C@@H]1O. The van der Waals surface area contributed by atoms with E-state index in [1.807, 2.05) is 0 Å². The van der Waals surface area contributed by atoms with Crippen LogP contribution in [0.15, 0.2) is 36.4 Å². The topological polar surface area (TPSA) is 239 Å². The van der Waals surface area contributed by atoms with E-state index in [4.69, 9.17) is 18.9 Å². The highest BCUT2D eigenvalue weighted by Crippen LogP contribution is 2.39. The van der Waals surface area contributed by atoms with Gasteiger partial charge in [-0.15, -0.1) is 0 Å². The van der Waals surface area contributed by atoms with E-state index in [0.29, 0.717) is 5.56 Å². The van der Waals surface area contributed by atoms with Crippen LogP contribution in [0.4, 0.5) is 0 Å².